The summed E-state index contributed by atoms with van der Waals surface area (Å²) in [6, 6.07) is 3.82. The van der Waals surface area contributed by atoms with Crippen LogP contribution < -0.4 is 20.3 Å². The predicted octanol–water partition coefficient (Wildman–Crippen LogP) is 3.48. The number of hydrogen-bond acceptors (Lipinski definition) is 8. The van der Waals surface area contributed by atoms with Crippen LogP contribution in [0.4, 0.5) is 26.4 Å². The van der Waals surface area contributed by atoms with Gasteiger partial charge in [-0.1, -0.05) is 11.3 Å². The van der Waals surface area contributed by atoms with Crippen LogP contribution in [0.2, 0.25) is 0 Å². The predicted molar refractivity (Wildman–Crippen MR) is 103 cm³/mol. The van der Waals surface area contributed by atoms with E-state index in [1.165, 1.54) is 43.1 Å². The van der Waals surface area contributed by atoms with Gasteiger partial charge in [0, 0.05) is 18.7 Å². The van der Waals surface area contributed by atoms with E-state index >= 15 is 0 Å². The van der Waals surface area contributed by atoms with Crippen molar-refractivity contribution in [1.82, 2.24) is 10.2 Å². The van der Waals surface area contributed by atoms with Gasteiger partial charge in [-0.15, -0.1) is 10.2 Å². The lowest BCUT2D eigenvalue weighted by molar-refractivity contribution is -0.384. The first kappa shape index (κ1) is 18.8. The fourth-order valence-electron chi connectivity index (χ4n) is 2.91. The Morgan fingerprint density at radius 3 is 2.89 bits per heavy atom. The second-order valence-corrected chi connectivity index (χ2v) is 7.10. The number of benzene rings is 1. The molecule has 0 radical (unpaired) electrons. The Kier molecular flexibility index (Phi) is 5.69. The maximum atomic E-state index is 12.2. The first-order valence-electron chi connectivity index (χ1n) is 8.48. The normalized spacial score (nSPS) is 16.7. The first-order valence-corrected chi connectivity index (χ1v) is 9.30. The number of rotatable bonds is 5. The number of urea groups is 1. The highest BCUT2D eigenvalue weighted by Gasteiger charge is 2.22. The number of nitro benzene ring substituents is 1. The highest BCUT2D eigenvalue weighted by atomic mass is 32.1. The van der Waals surface area contributed by atoms with Crippen LogP contribution in [-0.4, -0.2) is 40.8 Å². The van der Waals surface area contributed by atoms with Gasteiger partial charge in [0.1, 0.15) is 5.75 Å². The smallest absolute Gasteiger partial charge is 0.325 e. The number of carbonyl (C=O) groups excluding carboxylic acids is 1. The number of hydrogen-bond donors (Lipinski definition) is 2. The van der Waals surface area contributed by atoms with E-state index in [2.05, 4.69) is 32.7 Å². The summed E-state index contributed by atoms with van der Waals surface area (Å²) in [7, 11) is 1.37. The lowest BCUT2D eigenvalue weighted by Crippen LogP contribution is -2.37. The quantitative estimate of drug-likeness (QED) is 0.590. The van der Waals surface area contributed by atoms with Gasteiger partial charge in [-0.05, 0) is 32.3 Å². The third-order valence-electron chi connectivity index (χ3n) is 4.33. The third kappa shape index (κ3) is 4.42. The second-order valence-electron chi connectivity index (χ2n) is 6.15. The van der Waals surface area contributed by atoms with Gasteiger partial charge in [0.15, 0.2) is 0 Å². The Bertz CT molecular complexity index is 842. The summed E-state index contributed by atoms with van der Waals surface area (Å²) >= 11 is 1.31. The summed E-state index contributed by atoms with van der Waals surface area (Å²) in [6.45, 7) is 3.09. The number of non-ortho nitro benzene ring substituents is 1. The van der Waals surface area contributed by atoms with Crippen molar-refractivity contribution in [3.63, 3.8) is 0 Å². The molecule has 0 unspecified atom stereocenters. The van der Waals surface area contributed by atoms with Crippen LogP contribution in [-0.2, 0) is 0 Å². The first-order chi connectivity index (χ1) is 13.0. The fraction of sp³-hybridized carbons (Fsp3) is 0.438. The average Bonchev–Trinajstić information content (AvgIpc) is 3.10. The molecule has 2 amide bonds. The number of nitrogens with zero attached hydrogens (tertiary/aromatic N) is 4. The summed E-state index contributed by atoms with van der Waals surface area (Å²) < 4.78 is 5.10. The van der Waals surface area contributed by atoms with Gasteiger partial charge >= 0.3 is 6.03 Å². The second kappa shape index (κ2) is 8.16. The van der Waals surface area contributed by atoms with Crippen molar-refractivity contribution in [2.45, 2.75) is 32.2 Å². The summed E-state index contributed by atoms with van der Waals surface area (Å²) in [5, 5.41) is 25.4. The van der Waals surface area contributed by atoms with Crippen LogP contribution in [0.5, 0.6) is 5.75 Å². The number of nitro groups is 1. The molecule has 1 aromatic carbocycles. The SMILES string of the molecule is COc1cc([N+](=O)[O-])ccc1NC(=O)Nc1nnc(N2CCCC[C@H]2C)s1. The summed E-state index contributed by atoms with van der Waals surface area (Å²) in [4.78, 5) is 24.7. The largest absolute Gasteiger partial charge is 0.494 e. The van der Waals surface area contributed by atoms with Crippen molar-refractivity contribution in [2.24, 2.45) is 0 Å². The molecule has 27 heavy (non-hydrogen) atoms. The average molecular weight is 392 g/mol. The van der Waals surface area contributed by atoms with Crippen molar-refractivity contribution in [2.75, 3.05) is 29.2 Å². The molecule has 10 nitrogen and oxygen atoms in total. The van der Waals surface area contributed by atoms with Crippen LogP contribution in [0, 0.1) is 10.1 Å². The summed E-state index contributed by atoms with van der Waals surface area (Å²) in [5.74, 6) is 0.194. The Labute approximate surface area is 159 Å². The zero-order chi connectivity index (χ0) is 19.4. The van der Waals surface area contributed by atoms with E-state index in [4.69, 9.17) is 4.74 Å². The molecule has 0 spiro atoms. The van der Waals surface area contributed by atoms with Gasteiger partial charge in [0.25, 0.3) is 5.69 Å². The highest BCUT2D eigenvalue weighted by molar-refractivity contribution is 7.19. The van der Waals surface area contributed by atoms with Crippen molar-refractivity contribution in [3.05, 3.63) is 28.3 Å². The molecular weight excluding hydrogens is 372 g/mol. The molecule has 1 atom stereocenters. The molecule has 144 valence electrons. The van der Waals surface area contributed by atoms with Crippen LogP contribution in [0.3, 0.4) is 0 Å². The van der Waals surface area contributed by atoms with Crippen LogP contribution >= 0.6 is 11.3 Å². The van der Waals surface area contributed by atoms with E-state index < -0.39 is 11.0 Å². The molecule has 0 aliphatic carbocycles. The lowest BCUT2D eigenvalue weighted by Gasteiger charge is -2.32. The number of methoxy groups -OCH3 is 1. The van der Waals surface area contributed by atoms with Crippen molar-refractivity contribution in [1.29, 1.82) is 0 Å². The van der Waals surface area contributed by atoms with Crippen LogP contribution in [0.15, 0.2) is 18.2 Å². The van der Waals surface area contributed by atoms with Crippen molar-refractivity contribution < 1.29 is 14.5 Å². The van der Waals surface area contributed by atoms with E-state index in [1.807, 2.05) is 0 Å². The molecule has 1 aromatic heterocycles. The minimum atomic E-state index is -0.531. The van der Waals surface area contributed by atoms with Gasteiger partial charge in [0.2, 0.25) is 10.3 Å². The number of aromatic nitrogens is 2. The summed E-state index contributed by atoms with van der Waals surface area (Å²) in [5.41, 5.74) is 0.192. The molecule has 1 saturated heterocycles. The van der Waals surface area contributed by atoms with Gasteiger partial charge in [-0.3, -0.25) is 15.4 Å². The number of ether oxygens (including phenoxy) is 1. The Balaban J connectivity index is 1.65. The molecule has 2 N–H and O–H groups in total. The highest BCUT2D eigenvalue weighted by Crippen LogP contribution is 2.31. The molecule has 2 aromatic rings. The molecular formula is C16H20N6O4S. The van der Waals surface area contributed by atoms with E-state index in [-0.39, 0.29) is 11.4 Å². The number of amides is 2. The van der Waals surface area contributed by atoms with Crippen LogP contribution in [0.25, 0.3) is 0 Å². The number of carbonyl (C=O) groups is 1. The molecule has 1 aliphatic rings. The zero-order valence-electron chi connectivity index (χ0n) is 15.0. The van der Waals surface area contributed by atoms with Gasteiger partial charge in [0.05, 0.1) is 23.8 Å². The molecule has 2 heterocycles. The van der Waals surface area contributed by atoms with Crippen molar-refractivity contribution in [3.8, 4) is 5.75 Å². The number of anilines is 3. The van der Waals surface area contributed by atoms with E-state index in [1.54, 1.807) is 0 Å². The van der Waals surface area contributed by atoms with Crippen molar-refractivity contribution >= 4 is 39.0 Å². The van der Waals surface area contributed by atoms with E-state index in [0.717, 1.165) is 24.5 Å². The third-order valence-corrected chi connectivity index (χ3v) is 5.20. The van der Waals surface area contributed by atoms with E-state index in [9.17, 15) is 14.9 Å². The summed E-state index contributed by atoms with van der Waals surface area (Å²) in [6.07, 6.45) is 3.44. The molecule has 0 bridgehead atoms. The Morgan fingerprint density at radius 1 is 1.37 bits per heavy atom. The molecule has 11 heteroatoms. The Morgan fingerprint density at radius 2 is 2.19 bits per heavy atom. The lowest BCUT2D eigenvalue weighted by atomic mass is 10.1. The zero-order valence-corrected chi connectivity index (χ0v) is 15.8. The number of nitrogens with one attached hydrogen (secondary N) is 2. The minimum Gasteiger partial charge on any atom is -0.494 e. The van der Waals surface area contributed by atoms with E-state index in [0.29, 0.717) is 16.9 Å². The monoisotopic (exact) mass is 392 g/mol. The maximum absolute atomic E-state index is 12.2. The topological polar surface area (TPSA) is 123 Å². The van der Waals surface area contributed by atoms with Gasteiger partial charge in [-0.2, -0.15) is 0 Å². The number of piperidine rings is 1. The Hall–Kier alpha value is -2.95. The standard InChI is InChI=1S/C16H20N6O4S/c1-10-5-3-4-8-21(10)16-20-19-15(27-16)18-14(23)17-12-7-6-11(22(24)25)9-13(12)26-2/h6-7,9-10H,3-5,8H2,1-2H3,(H2,17,18,19,23)/t10-/m1/s1. The van der Waals surface area contributed by atoms with Crippen LogP contribution in [0.1, 0.15) is 26.2 Å². The molecule has 3 rings (SSSR count). The fourth-order valence-corrected chi connectivity index (χ4v) is 3.78. The van der Waals surface area contributed by atoms with Gasteiger partial charge in [-0.25, -0.2) is 4.79 Å². The molecule has 0 saturated carbocycles. The van der Waals surface area contributed by atoms with Gasteiger partial charge < -0.3 is 15.0 Å². The molecule has 1 fully saturated rings. The molecule has 1 aliphatic heterocycles. The maximum Gasteiger partial charge on any atom is 0.325 e. The minimum absolute atomic E-state index is 0.123.